The van der Waals surface area contributed by atoms with Crippen LogP contribution in [0.4, 0.5) is 0 Å². The summed E-state index contributed by atoms with van der Waals surface area (Å²) in [6.07, 6.45) is 0.896. The molecule has 1 unspecified atom stereocenters. The van der Waals surface area contributed by atoms with Gasteiger partial charge in [-0.1, -0.05) is 6.92 Å². The lowest BCUT2D eigenvalue weighted by Gasteiger charge is -2.23. The van der Waals surface area contributed by atoms with E-state index < -0.39 is 0 Å². The first-order chi connectivity index (χ1) is 6.52. The zero-order chi connectivity index (χ0) is 11.1. The number of carbonyl (C=O) groups excluding carboxylic acids is 2. The molecule has 0 spiro atoms. The van der Waals surface area contributed by atoms with Crippen LogP contribution in [-0.2, 0) is 9.59 Å². The van der Waals surface area contributed by atoms with E-state index in [0.29, 0.717) is 0 Å². The standard InChI is InChI=1S/C9H19N3O2/c1-4-7(2)12(3)9(14)6-11-8(13)5-10/h7H,4-6,10H2,1-3H3,(H,11,13). The summed E-state index contributed by atoms with van der Waals surface area (Å²) in [7, 11) is 1.73. The highest BCUT2D eigenvalue weighted by Crippen LogP contribution is 1.99. The Labute approximate surface area is 84.6 Å². The molecule has 0 saturated carbocycles. The SMILES string of the molecule is CCC(C)N(C)C(=O)CNC(=O)CN. The normalized spacial score (nSPS) is 12.0. The number of rotatable bonds is 5. The van der Waals surface area contributed by atoms with Gasteiger partial charge in [-0.25, -0.2) is 0 Å². The van der Waals surface area contributed by atoms with E-state index >= 15 is 0 Å². The summed E-state index contributed by atoms with van der Waals surface area (Å²) in [6.45, 7) is 3.91. The van der Waals surface area contributed by atoms with E-state index in [9.17, 15) is 9.59 Å². The number of hydrogen-bond donors (Lipinski definition) is 2. The number of likely N-dealkylation sites (N-methyl/N-ethyl adjacent to an activating group) is 1. The summed E-state index contributed by atoms with van der Waals surface area (Å²) in [5.41, 5.74) is 5.08. The van der Waals surface area contributed by atoms with Crippen molar-refractivity contribution in [2.75, 3.05) is 20.1 Å². The molecule has 0 saturated heterocycles. The molecular formula is C9H19N3O2. The molecule has 0 aliphatic rings. The van der Waals surface area contributed by atoms with Crippen molar-refractivity contribution >= 4 is 11.8 Å². The second-order valence-electron chi connectivity index (χ2n) is 3.24. The number of nitrogens with two attached hydrogens (primary N) is 1. The zero-order valence-electron chi connectivity index (χ0n) is 9.04. The molecule has 82 valence electrons. The van der Waals surface area contributed by atoms with Crippen molar-refractivity contribution in [3.8, 4) is 0 Å². The predicted molar refractivity (Wildman–Crippen MR) is 54.6 cm³/mol. The predicted octanol–water partition coefficient (Wildman–Crippen LogP) is -0.682. The average Bonchev–Trinajstić information content (AvgIpc) is 2.22. The molecule has 0 aromatic carbocycles. The minimum Gasteiger partial charge on any atom is -0.346 e. The van der Waals surface area contributed by atoms with Crippen LogP contribution in [0.2, 0.25) is 0 Å². The quantitative estimate of drug-likeness (QED) is 0.618. The fourth-order valence-corrected chi connectivity index (χ4v) is 0.891. The second-order valence-corrected chi connectivity index (χ2v) is 3.24. The Hall–Kier alpha value is -1.10. The number of hydrogen-bond acceptors (Lipinski definition) is 3. The van der Waals surface area contributed by atoms with Gasteiger partial charge in [-0.05, 0) is 13.3 Å². The Morgan fingerprint density at radius 3 is 2.50 bits per heavy atom. The van der Waals surface area contributed by atoms with Crippen LogP contribution in [0.1, 0.15) is 20.3 Å². The van der Waals surface area contributed by atoms with Crippen LogP contribution in [0.3, 0.4) is 0 Å². The highest BCUT2D eigenvalue weighted by Gasteiger charge is 2.13. The number of nitrogens with zero attached hydrogens (tertiary/aromatic N) is 1. The van der Waals surface area contributed by atoms with E-state index in [1.54, 1.807) is 11.9 Å². The van der Waals surface area contributed by atoms with Crippen molar-refractivity contribution < 1.29 is 9.59 Å². The lowest BCUT2D eigenvalue weighted by atomic mass is 10.2. The van der Waals surface area contributed by atoms with Crippen molar-refractivity contribution in [3.05, 3.63) is 0 Å². The van der Waals surface area contributed by atoms with Gasteiger partial charge >= 0.3 is 0 Å². The molecule has 5 heteroatoms. The van der Waals surface area contributed by atoms with Gasteiger partial charge in [-0.3, -0.25) is 9.59 Å². The van der Waals surface area contributed by atoms with E-state index in [4.69, 9.17) is 5.73 Å². The lowest BCUT2D eigenvalue weighted by molar-refractivity contribution is -0.133. The minimum atomic E-state index is -0.309. The molecule has 3 N–H and O–H groups in total. The number of nitrogens with one attached hydrogen (secondary N) is 1. The van der Waals surface area contributed by atoms with Gasteiger partial charge in [-0.15, -0.1) is 0 Å². The van der Waals surface area contributed by atoms with Gasteiger partial charge in [0.1, 0.15) is 0 Å². The van der Waals surface area contributed by atoms with Crippen LogP contribution in [0.5, 0.6) is 0 Å². The fourth-order valence-electron chi connectivity index (χ4n) is 0.891. The van der Waals surface area contributed by atoms with Crippen molar-refractivity contribution in [1.82, 2.24) is 10.2 Å². The summed E-state index contributed by atoms with van der Waals surface area (Å²) >= 11 is 0. The largest absolute Gasteiger partial charge is 0.346 e. The number of amides is 2. The summed E-state index contributed by atoms with van der Waals surface area (Å²) in [5.74, 6) is -0.406. The van der Waals surface area contributed by atoms with E-state index in [-0.39, 0.29) is 30.9 Å². The summed E-state index contributed by atoms with van der Waals surface area (Å²) in [5, 5.41) is 2.44. The average molecular weight is 201 g/mol. The molecule has 2 amide bonds. The molecule has 0 aliphatic heterocycles. The molecule has 0 aliphatic carbocycles. The van der Waals surface area contributed by atoms with Crippen molar-refractivity contribution in [3.63, 3.8) is 0 Å². The maximum atomic E-state index is 11.4. The molecule has 0 aromatic rings. The molecular weight excluding hydrogens is 182 g/mol. The van der Waals surface area contributed by atoms with Gasteiger partial charge in [0, 0.05) is 13.1 Å². The van der Waals surface area contributed by atoms with Gasteiger partial charge in [0.25, 0.3) is 0 Å². The van der Waals surface area contributed by atoms with E-state index in [0.717, 1.165) is 6.42 Å². The Balaban J connectivity index is 3.90. The van der Waals surface area contributed by atoms with Crippen LogP contribution in [-0.4, -0.2) is 42.9 Å². The van der Waals surface area contributed by atoms with Gasteiger partial charge in [0.05, 0.1) is 13.1 Å². The second kappa shape index (κ2) is 6.37. The topological polar surface area (TPSA) is 75.4 Å². The van der Waals surface area contributed by atoms with E-state index in [2.05, 4.69) is 5.32 Å². The van der Waals surface area contributed by atoms with Crippen molar-refractivity contribution in [1.29, 1.82) is 0 Å². The summed E-state index contributed by atoms with van der Waals surface area (Å²) in [6, 6.07) is 0.192. The van der Waals surface area contributed by atoms with E-state index in [1.807, 2.05) is 13.8 Å². The van der Waals surface area contributed by atoms with Crippen LogP contribution in [0.25, 0.3) is 0 Å². The third-order valence-corrected chi connectivity index (χ3v) is 2.27. The van der Waals surface area contributed by atoms with Crippen LogP contribution in [0.15, 0.2) is 0 Å². The summed E-state index contributed by atoms with van der Waals surface area (Å²) < 4.78 is 0. The highest BCUT2D eigenvalue weighted by atomic mass is 16.2. The van der Waals surface area contributed by atoms with Gasteiger partial charge in [-0.2, -0.15) is 0 Å². The molecule has 14 heavy (non-hydrogen) atoms. The maximum Gasteiger partial charge on any atom is 0.241 e. The molecule has 0 bridgehead atoms. The van der Waals surface area contributed by atoms with E-state index in [1.165, 1.54) is 0 Å². The van der Waals surface area contributed by atoms with Crippen molar-refractivity contribution in [2.24, 2.45) is 5.73 Å². The Kier molecular flexibility index (Phi) is 5.87. The van der Waals surface area contributed by atoms with Gasteiger partial charge < -0.3 is 16.0 Å². The molecule has 5 nitrogen and oxygen atoms in total. The first-order valence-corrected chi connectivity index (χ1v) is 4.75. The number of carbonyl (C=O) groups is 2. The third kappa shape index (κ3) is 4.23. The van der Waals surface area contributed by atoms with Gasteiger partial charge in [0.15, 0.2) is 0 Å². The molecule has 0 rings (SSSR count). The highest BCUT2D eigenvalue weighted by molar-refractivity contribution is 5.85. The molecule has 1 atom stereocenters. The molecule has 0 aromatic heterocycles. The van der Waals surface area contributed by atoms with Gasteiger partial charge in [0.2, 0.25) is 11.8 Å². The summed E-state index contributed by atoms with van der Waals surface area (Å²) in [4.78, 5) is 23.8. The van der Waals surface area contributed by atoms with Crippen LogP contribution < -0.4 is 11.1 Å². The Morgan fingerprint density at radius 2 is 2.07 bits per heavy atom. The molecule has 0 fully saturated rings. The molecule has 0 radical (unpaired) electrons. The maximum absolute atomic E-state index is 11.4. The first-order valence-electron chi connectivity index (χ1n) is 4.75. The Bertz CT molecular complexity index is 206. The fraction of sp³-hybridized carbons (Fsp3) is 0.778. The smallest absolute Gasteiger partial charge is 0.241 e. The monoisotopic (exact) mass is 201 g/mol. The third-order valence-electron chi connectivity index (χ3n) is 2.27. The van der Waals surface area contributed by atoms with Crippen molar-refractivity contribution in [2.45, 2.75) is 26.3 Å². The van der Waals surface area contributed by atoms with Crippen LogP contribution >= 0.6 is 0 Å². The first kappa shape index (κ1) is 12.9. The van der Waals surface area contributed by atoms with Crippen LogP contribution in [0, 0.1) is 0 Å². The molecule has 0 heterocycles. The Morgan fingerprint density at radius 1 is 1.50 bits per heavy atom. The lowest BCUT2D eigenvalue weighted by Crippen LogP contribution is -2.43. The zero-order valence-corrected chi connectivity index (χ0v) is 9.04. The minimum absolute atomic E-state index is 0.0247.